The summed E-state index contributed by atoms with van der Waals surface area (Å²) >= 11 is 0. The lowest BCUT2D eigenvalue weighted by Gasteiger charge is -2.27. The maximum absolute atomic E-state index is 13.3. The molecule has 2 aromatic rings. The minimum Gasteiger partial charge on any atom is -0.310 e. The smallest absolute Gasteiger partial charge is 0.310 e. The fraction of sp³-hybridized carbons (Fsp3) is 0.263. The van der Waals surface area contributed by atoms with Crippen molar-refractivity contribution in [3.8, 4) is 0 Å². The Morgan fingerprint density at radius 3 is 2.42 bits per heavy atom. The normalized spacial score (nSPS) is 13.5. The van der Waals surface area contributed by atoms with Crippen LogP contribution in [0.4, 0.5) is 24.5 Å². The van der Waals surface area contributed by atoms with E-state index in [-0.39, 0.29) is 5.69 Å². The van der Waals surface area contributed by atoms with Crippen LogP contribution in [0.15, 0.2) is 48.5 Å². The van der Waals surface area contributed by atoms with Gasteiger partial charge < -0.3 is 9.80 Å². The molecule has 0 atom stereocenters. The van der Waals surface area contributed by atoms with Crippen molar-refractivity contribution in [3.63, 3.8) is 0 Å². The minimum absolute atomic E-state index is 0.312. The molecule has 2 amide bonds. The van der Waals surface area contributed by atoms with E-state index in [1.54, 1.807) is 12.1 Å². The van der Waals surface area contributed by atoms with Crippen molar-refractivity contribution in [2.45, 2.75) is 19.5 Å². The maximum atomic E-state index is 13.3. The second kappa shape index (κ2) is 6.82. The zero-order valence-electron chi connectivity index (χ0n) is 14.1. The van der Waals surface area contributed by atoms with Gasteiger partial charge in [-0.3, -0.25) is 9.59 Å². The fourth-order valence-electron chi connectivity index (χ4n) is 3.13. The van der Waals surface area contributed by atoms with E-state index in [0.717, 1.165) is 29.1 Å². The highest BCUT2D eigenvalue weighted by Crippen LogP contribution is 2.36. The number of alkyl halides is 3. The van der Waals surface area contributed by atoms with Crippen molar-refractivity contribution in [2.75, 3.05) is 22.9 Å². The molecular formula is C19H17F3N2O2. The highest BCUT2D eigenvalue weighted by Gasteiger charge is 2.36. The molecule has 2 aromatic carbocycles. The number of hydrogen-bond donors (Lipinski definition) is 0. The first-order valence-electron chi connectivity index (χ1n) is 8.11. The van der Waals surface area contributed by atoms with Crippen molar-refractivity contribution in [3.05, 3.63) is 59.7 Å². The summed E-state index contributed by atoms with van der Waals surface area (Å²) < 4.78 is 39.8. The zero-order valence-corrected chi connectivity index (χ0v) is 14.1. The van der Waals surface area contributed by atoms with Gasteiger partial charge in [0.05, 0.1) is 11.3 Å². The molecule has 136 valence electrons. The second-order valence-corrected chi connectivity index (χ2v) is 6.04. The third kappa shape index (κ3) is 3.42. The zero-order chi connectivity index (χ0) is 18.9. The third-order valence-corrected chi connectivity index (χ3v) is 4.36. The van der Waals surface area contributed by atoms with Crippen LogP contribution in [-0.2, 0) is 22.2 Å². The average molecular weight is 362 g/mol. The summed E-state index contributed by atoms with van der Waals surface area (Å²) in [6.07, 6.45) is -3.94. The number of fused-ring (bicyclic) bond motifs is 1. The fourth-order valence-corrected chi connectivity index (χ4v) is 3.13. The predicted molar refractivity (Wildman–Crippen MR) is 92.0 cm³/mol. The summed E-state index contributed by atoms with van der Waals surface area (Å²) in [7, 11) is 0. The number of anilines is 2. The van der Waals surface area contributed by atoms with Crippen LogP contribution >= 0.6 is 0 Å². The Morgan fingerprint density at radius 1 is 1.08 bits per heavy atom. The lowest BCUT2D eigenvalue weighted by molar-refractivity contribution is -0.137. The number of benzene rings is 2. The summed E-state index contributed by atoms with van der Waals surface area (Å²) in [5.41, 5.74) is 0.495. The molecule has 0 saturated heterocycles. The summed E-state index contributed by atoms with van der Waals surface area (Å²) in [6.45, 7) is 1.15. The molecule has 3 rings (SSSR count). The first-order valence-corrected chi connectivity index (χ1v) is 8.11. The van der Waals surface area contributed by atoms with E-state index in [9.17, 15) is 22.8 Å². The molecule has 0 radical (unpaired) electrons. The van der Waals surface area contributed by atoms with E-state index in [0.29, 0.717) is 13.0 Å². The van der Waals surface area contributed by atoms with Crippen LogP contribution in [0.3, 0.4) is 0 Å². The number of hydrogen-bond acceptors (Lipinski definition) is 2. The number of halogens is 3. The monoisotopic (exact) mass is 362 g/mol. The molecule has 0 saturated carbocycles. The quantitative estimate of drug-likeness (QED) is 0.836. The SMILES string of the molecule is CC(=O)N(CC(=O)N1CCc2ccccc21)c1ccccc1C(F)(F)F. The highest BCUT2D eigenvalue weighted by atomic mass is 19.4. The molecule has 0 fully saturated rings. The van der Waals surface area contributed by atoms with Crippen molar-refractivity contribution < 1.29 is 22.8 Å². The third-order valence-electron chi connectivity index (χ3n) is 4.36. The molecule has 0 spiro atoms. The van der Waals surface area contributed by atoms with Gasteiger partial charge in [-0.25, -0.2) is 0 Å². The second-order valence-electron chi connectivity index (χ2n) is 6.04. The molecule has 0 unspecified atom stereocenters. The van der Waals surface area contributed by atoms with Crippen molar-refractivity contribution in [2.24, 2.45) is 0 Å². The minimum atomic E-state index is -4.62. The Kier molecular flexibility index (Phi) is 4.71. The number of carbonyl (C=O) groups excluding carboxylic acids is 2. The van der Waals surface area contributed by atoms with Crippen LogP contribution in [0.25, 0.3) is 0 Å². The van der Waals surface area contributed by atoms with Crippen LogP contribution in [0.1, 0.15) is 18.1 Å². The summed E-state index contributed by atoms with van der Waals surface area (Å²) in [5, 5.41) is 0. The van der Waals surface area contributed by atoms with Crippen LogP contribution in [0.5, 0.6) is 0 Å². The lowest BCUT2D eigenvalue weighted by atomic mass is 10.1. The van der Waals surface area contributed by atoms with Gasteiger partial charge in [0.1, 0.15) is 6.54 Å². The van der Waals surface area contributed by atoms with Gasteiger partial charge in [-0.1, -0.05) is 30.3 Å². The Balaban J connectivity index is 1.90. The van der Waals surface area contributed by atoms with Crippen LogP contribution < -0.4 is 9.80 Å². The largest absolute Gasteiger partial charge is 0.418 e. The molecule has 0 bridgehead atoms. The Hall–Kier alpha value is -2.83. The maximum Gasteiger partial charge on any atom is 0.418 e. The highest BCUT2D eigenvalue weighted by molar-refractivity contribution is 6.04. The molecule has 0 N–H and O–H groups in total. The van der Waals surface area contributed by atoms with Crippen molar-refractivity contribution >= 4 is 23.2 Å². The van der Waals surface area contributed by atoms with E-state index in [1.165, 1.54) is 23.1 Å². The molecular weight excluding hydrogens is 345 g/mol. The van der Waals surface area contributed by atoms with Crippen LogP contribution in [0, 0.1) is 0 Å². The van der Waals surface area contributed by atoms with E-state index in [4.69, 9.17) is 0 Å². The lowest BCUT2D eigenvalue weighted by Crippen LogP contribution is -2.42. The van der Waals surface area contributed by atoms with Gasteiger partial charge in [0.15, 0.2) is 0 Å². The van der Waals surface area contributed by atoms with Gasteiger partial charge in [0, 0.05) is 19.2 Å². The summed E-state index contributed by atoms with van der Waals surface area (Å²) in [4.78, 5) is 27.1. The van der Waals surface area contributed by atoms with E-state index in [1.807, 2.05) is 12.1 Å². The van der Waals surface area contributed by atoms with Crippen molar-refractivity contribution in [1.82, 2.24) is 0 Å². The molecule has 1 aliphatic rings. The van der Waals surface area contributed by atoms with Gasteiger partial charge in [-0.2, -0.15) is 13.2 Å². The molecule has 7 heteroatoms. The first kappa shape index (κ1) is 18.0. The Labute approximate surface area is 148 Å². The van der Waals surface area contributed by atoms with Gasteiger partial charge in [-0.15, -0.1) is 0 Å². The van der Waals surface area contributed by atoms with Gasteiger partial charge in [0.25, 0.3) is 0 Å². The molecule has 0 aliphatic carbocycles. The predicted octanol–water partition coefficient (Wildman–Crippen LogP) is 3.65. The van der Waals surface area contributed by atoms with Gasteiger partial charge in [-0.05, 0) is 30.2 Å². The Morgan fingerprint density at radius 2 is 1.73 bits per heavy atom. The van der Waals surface area contributed by atoms with Gasteiger partial charge >= 0.3 is 6.18 Å². The van der Waals surface area contributed by atoms with Crippen LogP contribution in [-0.4, -0.2) is 24.9 Å². The van der Waals surface area contributed by atoms with E-state index in [2.05, 4.69) is 0 Å². The van der Waals surface area contributed by atoms with E-state index < -0.39 is 30.1 Å². The van der Waals surface area contributed by atoms with Crippen LogP contribution in [0.2, 0.25) is 0 Å². The average Bonchev–Trinajstić information content (AvgIpc) is 3.02. The standard InChI is InChI=1S/C19H17F3N2O2/c1-13(25)24(17-9-5-3-7-15(17)19(20,21)22)12-18(26)23-11-10-14-6-2-4-8-16(14)23/h2-9H,10-12H2,1H3. The molecule has 1 heterocycles. The topological polar surface area (TPSA) is 40.6 Å². The number of rotatable bonds is 3. The van der Waals surface area contributed by atoms with E-state index >= 15 is 0 Å². The van der Waals surface area contributed by atoms with Crippen molar-refractivity contribution in [1.29, 1.82) is 0 Å². The Bertz CT molecular complexity index is 849. The molecule has 1 aliphatic heterocycles. The summed E-state index contributed by atoms with van der Waals surface area (Å²) in [6, 6.07) is 12.1. The number of nitrogens with zero attached hydrogens (tertiary/aromatic N) is 2. The molecule has 4 nitrogen and oxygen atoms in total. The van der Waals surface area contributed by atoms with Gasteiger partial charge in [0.2, 0.25) is 11.8 Å². The summed E-state index contributed by atoms with van der Waals surface area (Å²) in [5.74, 6) is -1.04. The first-order chi connectivity index (χ1) is 12.3. The number of amides is 2. The number of para-hydroxylation sites is 2. The molecule has 0 aromatic heterocycles. The number of carbonyl (C=O) groups is 2. The molecule has 26 heavy (non-hydrogen) atoms.